The number of nitrogens with zero attached hydrogens (tertiary/aromatic N) is 5. The number of rotatable bonds is 8. The van der Waals surface area contributed by atoms with Crippen LogP contribution in [-0.4, -0.2) is 53.8 Å². The van der Waals surface area contributed by atoms with E-state index in [2.05, 4.69) is 21.6 Å². The van der Waals surface area contributed by atoms with E-state index in [4.69, 9.17) is 15.0 Å². The topological polar surface area (TPSA) is 121 Å². The quantitative estimate of drug-likeness (QED) is 0.306. The molecule has 3 aromatic rings. The molecule has 1 aliphatic heterocycles. The zero-order valence-corrected chi connectivity index (χ0v) is 18.7. The molecule has 1 N–H and O–H groups in total. The fourth-order valence-corrected chi connectivity index (χ4v) is 4.73. The molecule has 1 saturated heterocycles. The molecule has 1 aromatic heterocycles. The highest BCUT2D eigenvalue weighted by Gasteiger charge is 2.35. The minimum atomic E-state index is -1.51. The molecule has 0 bridgehead atoms. The minimum Gasteiger partial charge on any atom is -0.484 e. The Labute approximate surface area is 194 Å². The van der Waals surface area contributed by atoms with Crippen LogP contribution >= 0.6 is 11.3 Å². The molecule has 2 aromatic carbocycles. The Bertz CT molecular complexity index is 1200. The third-order valence-electron chi connectivity index (χ3n) is 5.34. The number of fused-ring (bicyclic) bond motifs is 1. The summed E-state index contributed by atoms with van der Waals surface area (Å²) in [4.78, 5) is 21.5. The second-order valence-corrected chi connectivity index (χ2v) is 8.62. The van der Waals surface area contributed by atoms with Crippen molar-refractivity contribution >= 4 is 27.5 Å². The van der Waals surface area contributed by atoms with Crippen molar-refractivity contribution in [2.75, 3.05) is 32.9 Å². The molecule has 0 saturated carbocycles. The van der Waals surface area contributed by atoms with Gasteiger partial charge in [0.2, 0.25) is 0 Å². The van der Waals surface area contributed by atoms with Crippen molar-refractivity contribution in [1.29, 1.82) is 0 Å². The lowest BCUT2D eigenvalue weighted by atomic mass is 9.90. The summed E-state index contributed by atoms with van der Waals surface area (Å²) in [6.07, 6.45) is -0.00168. The fraction of sp³-hybridized carbons (Fsp3) is 0.304. The van der Waals surface area contributed by atoms with Gasteiger partial charge in [-0.25, -0.2) is 4.98 Å². The summed E-state index contributed by atoms with van der Waals surface area (Å²) in [5.74, 6) is 0.458. The molecule has 9 nitrogen and oxygen atoms in total. The van der Waals surface area contributed by atoms with Crippen LogP contribution in [0.1, 0.15) is 17.0 Å². The SMILES string of the molecule is C=C(CC(O)(c1ccccc1)c1nc2ccc(OCC(=O)N3CCOCC3)cc2s1)N=[N+]=[N-]. The Balaban J connectivity index is 1.58. The lowest BCUT2D eigenvalue weighted by Crippen LogP contribution is -2.42. The van der Waals surface area contributed by atoms with Gasteiger partial charge in [0.1, 0.15) is 16.4 Å². The van der Waals surface area contributed by atoms with Gasteiger partial charge in [-0.15, -0.1) is 11.3 Å². The molecule has 4 rings (SSSR count). The number of morpholine rings is 1. The highest BCUT2D eigenvalue weighted by Crippen LogP contribution is 2.40. The number of aromatic nitrogens is 1. The molecule has 170 valence electrons. The van der Waals surface area contributed by atoms with Gasteiger partial charge in [0.25, 0.3) is 5.91 Å². The predicted molar refractivity (Wildman–Crippen MR) is 125 cm³/mol. The van der Waals surface area contributed by atoms with Gasteiger partial charge in [-0.05, 0) is 29.3 Å². The number of hydrogen-bond donors (Lipinski definition) is 1. The van der Waals surface area contributed by atoms with Crippen LogP contribution in [0, 0.1) is 0 Å². The molecule has 10 heteroatoms. The van der Waals surface area contributed by atoms with Crippen LogP contribution in [0.25, 0.3) is 20.7 Å². The van der Waals surface area contributed by atoms with E-state index >= 15 is 0 Å². The van der Waals surface area contributed by atoms with Crippen molar-refractivity contribution in [3.63, 3.8) is 0 Å². The number of amides is 1. The largest absolute Gasteiger partial charge is 0.484 e. The number of carbonyl (C=O) groups excluding carboxylic acids is 1. The van der Waals surface area contributed by atoms with Gasteiger partial charge in [-0.1, -0.05) is 42.0 Å². The van der Waals surface area contributed by atoms with Crippen molar-refractivity contribution in [3.05, 3.63) is 81.8 Å². The maximum atomic E-state index is 12.3. The van der Waals surface area contributed by atoms with Gasteiger partial charge in [0.05, 0.1) is 23.4 Å². The van der Waals surface area contributed by atoms with Crippen molar-refractivity contribution in [3.8, 4) is 5.75 Å². The Kier molecular flexibility index (Phi) is 6.90. The van der Waals surface area contributed by atoms with Gasteiger partial charge in [0.15, 0.2) is 6.61 Å². The van der Waals surface area contributed by atoms with E-state index < -0.39 is 5.60 Å². The maximum Gasteiger partial charge on any atom is 0.260 e. The number of azide groups is 1. The smallest absolute Gasteiger partial charge is 0.260 e. The van der Waals surface area contributed by atoms with Crippen LogP contribution in [0.15, 0.2) is 65.9 Å². The molecule has 1 fully saturated rings. The van der Waals surface area contributed by atoms with E-state index in [0.717, 1.165) is 4.70 Å². The summed E-state index contributed by atoms with van der Waals surface area (Å²) in [5, 5.41) is 15.6. The first-order valence-corrected chi connectivity index (χ1v) is 11.2. The predicted octanol–water partition coefficient (Wildman–Crippen LogP) is 3.98. The number of benzene rings is 2. The molecule has 1 amide bonds. The highest BCUT2D eigenvalue weighted by molar-refractivity contribution is 7.18. The van der Waals surface area contributed by atoms with Gasteiger partial charge in [0, 0.05) is 30.1 Å². The summed E-state index contributed by atoms with van der Waals surface area (Å²) in [5.41, 5.74) is 8.74. The monoisotopic (exact) mass is 465 g/mol. The normalized spacial score (nSPS) is 15.5. The van der Waals surface area contributed by atoms with E-state index in [9.17, 15) is 9.90 Å². The second-order valence-electron chi connectivity index (χ2n) is 7.59. The van der Waals surface area contributed by atoms with Crippen LogP contribution in [-0.2, 0) is 15.1 Å². The Hall–Kier alpha value is -3.43. The summed E-state index contributed by atoms with van der Waals surface area (Å²) < 4.78 is 11.8. The third-order valence-corrected chi connectivity index (χ3v) is 6.51. The van der Waals surface area contributed by atoms with Crippen molar-refractivity contribution in [2.45, 2.75) is 12.0 Å². The fourth-order valence-electron chi connectivity index (χ4n) is 3.63. The first-order chi connectivity index (χ1) is 16.0. The van der Waals surface area contributed by atoms with Gasteiger partial charge < -0.3 is 19.5 Å². The molecule has 33 heavy (non-hydrogen) atoms. The molecule has 1 atom stereocenters. The molecular weight excluding hydrogens is 442 g/mol. The van der Waals surface area contributed by atoms with E-state index in [1.54, 1.807) is 35.2 Å². The summed E-state index contributed by atoms with van der Waals surface area (Å²) in [6, 6.07) is 14.4. The zero-order valence-electron chi connectivity index (χ0n) is 17.9. The number of aliphatic hydroxyl groups is 1. The molecule has 1 aliphatic rings. The summed E-state index contributed by atoms with van der Waals surface area (Å²) in [7, 11) is 0. The van der Waals surface area contributed by atoms with Crippen molar-refractivity contribution < 1.29 is 19.4 Å². The average Bonchev–Trinajstić information content (AvgIpc) is 3.28. The molecular formula is C23H23N5O4S. The molecule has 1 unspecified atom stereocenters. The zero-order chi connectivity index (χ0) is 23.3. The minimum absolute atomic E-state index is 0.00168. The standard InChI is InChI=1S/C23H23N5O4S/c1-16(26-27-24)14-23(30,17-5-3-2-4-6-17)22-25-19-8-7-18(13-20(19)33-22)32-15-21(29)28-9-11-31-12-10-28/h2-8,13,30H,1,9-12,14-15H2. The van der Waals surface area contributed by atoms with Gasteiger partial charge >= 0.3 is 0 Å². The van der Waals surface area contributed by atoms with Crippen LogP contribution < -0.4 is 4.74 Å². The Morgan fingerprint density at radius 1 is 1.30 bits per heavy atom. The van der Waals surface area contributed by atoms with Gasteiger partial charge in [-0.2, -0.15) is 0 Å². The van der Waals surface area contributed by atoms with Gasteiger partial charge in [-0.3, -0.25) is 4.79 Å². The van der Waals surface area contributed by atoms with Crippen LogP contribution in [0.2, 0.25) is 0 Å². The Morgan fingerprint density at radius 3 is 2.79 bits per heavy atom. The first kappa shape index (κ1) is 22.8. The number of hydrogen-bond acceptors (Lipinski definition) is 7. The number of ether oxygens (including phenoxy) is 2. The summed E-state index contributed by atoms with van der Waals surface area (Å²) >= 11 is 1.31. The molecule has 0 aliphatic carbocycles. The first-order valence-electron chi connectivity index (χ1n) is 10.4. The number of thiazole rings is 1. The third kappa shape index (κ3) is 5.15. The van der Waals surface area contributed by atoms with Crippen LogP contribution in [0.5, 0.6) is 5.75 Å². The maximum absolute atomic E-state index is 12.3. The van der Waals surface area contributed by atoms with Crippen LogP contribution in [0.4, 0.5) is 0 Å². The molecule has 0 spiro atoms. The van der Waals surface area contributed by atoms with E-state index in [1.807, 2.05) is 18.2 Å². The molecule has 0 radical (unpaired) electrons. The lowest BCUT2D eigenvalue weighted by Gasteiger charge is -2.26. The lowest BCUT2D eigenvalue weighted by molar-refractivity contribution is -0.137. The Morgan fingerprint density at radius 2 is 2.06 bits per heavy atom. The van der Waals surface area contributed by atoms with Crippen LogP contribution in [0.3, 0.4) is 0 Å². The summed E-state index contributed by atoms with van der Waals surface area (Å²) in [6.45, 7) is 5.92. The van der Waals surface area contributed by atoms with Crippen molar-refractivity contribution in [1.82, 2.24) is 9.88 Å². The second kappa shape index (κ2) is 10.0. The molecule has 2 heterocycles. The van der Waals surface area contributed by atoms with E-state index in [-0.39, 0.29) is 24.6 Å². The van der Waals surface area contributed by atoms with E-state index in [1.165, 1.54) is 11.3 Å². The number of carbonyl (C=O) groups is 1. The van der Waals surface area contributed by atoms with Crippen molar-refractivity contribution in [2.24, 2.45) is 5.11 Å². The van der Waals surface area contributed by atoms with E-state index in [0.29, 0.717) is 48.1 Å². The average molecular weight is 466 g/mol. The highest BCUT2D eigenvalue weighted by atomic mass is 32.1.